The number of carbonyl (C=O) groups excluding carboxylic acids is 1. The first-order valence-electron chi connectivity index (χ1n) is 5.83. The quantitative estimate of drug-likeness (QED) is 0.695. The monoisotopic (exact) mass is 301 g/mol. The third kappa shape index (κ3) is 3.50. The van der Waals surface area contributed by atoms with E-state index in [0.29, 0.717) is 10.9 Å². The number of non-ortho nitro benzene ring substituents is 1. The van der Waals surface area contributed by atoms with E-state index < -0.39 is 23.6 Å². The van der Waals surface area contributed by atoms with Gasteiger partial charge >= 0.3 is 6.18 Å². The molecule has 0 saturated carbocycles. The highest BCUT2D eigenvalue weighted by molar-refractivity contribution is 5.90. The van der Waals surface area contributed by atoms with Crippen molar-refractivity contribution in [3.05, 3.63) is 40.6 Å². The van der Waals surface area contributed by atoms with E-state index in [9.17, 15) is 28.1 Å². The minimum Gasteiger partial charge on any atom is -0.345 e. The maximum atomic E-state index is 12.0. The van der Waals surface area contributed by atoms with Crippen molar-refractivity contribution in [3.8, 4) is 0 Å². The number of fused-ring (bicyclic) bond motifs is 1. The maximum absolute atomic E-state index is 12.0. The van der Waals surface area contributed by atoms with Crippen LogP contribution in [0.5, 0.6) is 0 Å². The van der Waals surface area contributed by atoms with Crippen molar-refractivity contribution in [1.29, 1.82) is 0 Å². The van der Waals surface area contributed by atoms with Crippen molar-refractivity contribution in [2.75, 3.05) is 6.54 Å². The van der Waals surface area contributed by atoms with E-state index in [0.717, 1.165) is 0 Å². The topological polar surface area (TPSA) is 77.2 Å². The van der Waals surface area contributed by atoms with Gasteiger partial charge < -0.3 is 9.88 Å². The average molecular weight is 301 g/mol. The van der Waals surface area contributed by atoms with Crippen LogP contribution in [-0.4, -0.2) is 28.1 Å². The normalized spacial score (nSPS) is 11.6. The van der Waals surface area contributed by atoms with Gasteiger partial charge in [-0.15, -0.1) is 0 Å². The van der Waals surface area contributed by atoms with Crippen molar-refractivity contribution >= 4 is 22.5 Å². The summed E-state index contributed by atoms with van der Waals surface area (Å²) in [4.78, 5) is 21.7. The number of aromatic nitrogens is 1. The minimum atomic E-state index is -4.48. The molecule has 112 valence electrons. The summed E-state index contributed by atoms with van der Waals surface area (Å²) in [5.74, 6) is -0.823. The second-order valence-corrected chi connectivity index (χ2v) is 4.30. The fourth-order valence-corrected chi connectivity index (χ4v) is 1.91. The van der Waals surface area contributed by atoms with Gasteiger partial charge in [-0.2, -0.15) is 13.2 Å². The molecule has 0 fully saturated rings. The fourth-order valence-electron chi connectivity index (χ4n) is 1.91. The van der Waals surface area contributed by atoms with E-state index in [4.69, 9.17) is 0 Å². The van der Waals surface area contributed by atoms with E-state index in [2.05, 4.69) is 0 Å². The number of halogens is 3. The van der Waals surface area contributed by atoms with E-state index >= 15 is 0 Å². The molecule has 0 aliphatic rings. The van der Waals surface area contributed by atoms with Gasteiger partial charge in [0.15, 0.2) is 0 Å². The van der Waals surface area contributed by atoms with Gasteiger partial charge in [0, 0.05) is 12.3 Å². The summed E-state index contributed by atoms with van der Waals surface area (Å²) >= 11 is 0. The van der Waals surface area contributed by atoms with Gasteiger partial charge in [-0.1, -0.05) is 6.07 Å². The second kappa shape index (κ2) is 5.43. The van der Waals surface area contributed by atoms with Gasteiger partial charge in [-0.05, 0) is 12.1 Å². The van der Waals surface area contributed by atoms with Gasteiger partial charge in [0.25, 0.3) is 5.69 Å². The zero-order valence-electron chi connectivity index (χ0n) is 10.6. The number of benzene rings is 1. The van der Waals surface area contributed by atoms with Crippen LogP contribution in [0.25, 0.3) is 10.9 Å². The molecule has 2 rings (SSSR count). The molecule has 0 atom stereocenters. The van der Waals surface area contributed by atoms with Gasteiger partial charge in [0.05, 0.1) is 15.8 Å². The number of nitro benzene ring substituents is 1. The Morgan fingerprint density at radius 3 is 2.67 bits per heavy atom. The molecule has 1 amide bonds. The Hall–Kier alpha value is -2.58. The Morgan fingerprint density at radius 1 is 1.33 bits per heavy atom. The molecule has 21 heavy (non-hydrogen) atoms. The van der Waals surface area contributed by atoms with Crippen molar-refractivity contribution in [3.63, 3.8) is 0 Å². The van der Waals surface area contributed by atoms with Gasteiger partial charge in [-0.3, -0.25) is 14.9 Å². The van der Waals surface area contributed by atoms with Crippen molar-refractivity contribution in [1.82, 2.24) is 9.88 Å². The Morgan fingerprint density at radius 2 is 2.05 bits per heavy atom. The first-order chi connectivity index (χ1) is 9.78. The average Bonchev–Trinajstić information content (AvgIpc) is 2.78. The summed E-state index contributed by atoms with van der Waals surface area (Å²) in [6.45, 7) is -1.76. The zero-order valence-corrected chi connectivity index (χ0v) is 10.6. The van der Waals surface area contributed by atoms with Crippen LogP contribution in [0.4, 0.5) is 18.9 Å². The van der Waals surface area contributed by atoms with E-state index in [-0.39, 0.29) is 12.2 Å². The molecular weight excluding hydrogens is 291 g/mol. The molecule has 0 radical (unpaired) electrons. The molecule has 9 heteroatoms. The van der Waals surface area contributed by atoms with E-state index in [1.165, 1.54) is 29.0 Å². The molecule has 0 spiro atoms. The lowest BCUT2D eigenvalue weighted by molar-refractivity contribution is -0.383. The largest absolute Gasteiger partial charge is 0.405 e. The van der Waals surface area contributed by atoms with Gasteiger partial charge in [0.2, 0.25) is 5.91 Å². The molecule has 6 nitrogen and oxygen atoms in total. The molecule has 0 saturated heterocycles. The summed E-state index contributed by atoms with van der Waals surface area (Å²) < 4.78 is 37.3. The number of nitrogens with zero attached hydrogens (tertiary/aromatic N) is 2. The smallest absolute Gasteiger partial charge is 0.345 e. The molecule has 1 aromatic heterocycles. The number of amides is 1. The molecule has 0 bridgehead atoms. The van der Waals surface area contributed by atoms with Crippen LogP contribution in [0.1, 0.15) is 0 Å². The van der Waals surface area contributed by atoms with Gasteiger partial charge in [-0.25, -0.2) is 0 Å². The first kappa shape index (κ1) is 14.8. The summed E-state index contributed by atoms with van der Waals surface area (Å²) in [6, 6.07) is 5.77. The number of hydrogen-bond acceptors (Lipinski definition) is 3. The number of alkyl halides is 3. The molecule has 1 heterocycles. The highest BCUT2D eigenvalue weighted by atomic mass is 19.4. The summed E-state index contributed by atoms with van der Waals surface area (Å²) in [6.07, 6.45) is -3.06. The van der Waals surface area contributed by atoms with Crippen LogP contribution in [0.3, 0.4) is 0 Å². The number of nitrogens with one attached hydrogen (secondary N) is 1. The predicted molar refractivity (Wildman–Crippen MR) is 67.7 cm³/mol. The molecule has 2 aromatic rings. The van der Waals surface area contributed by atoms with E-state index in [1.807, 2.05) is 0 Å². The third-order valence-electron chi connectivity index (χ3n) is 2.79. The van der Waals surface area contributed by atoms with Crippen LogP contribution >= 0.6 is 0 Å². The highest BCUT2D eigenvalue weighted by Gasteiger charge is 2.27. The molecule has 1 N–H and O–H groups in total. The second-order valence-electron chi connectivity index (χ2n) is 4.30. The minimum absolute atomic E-state index is 0.123. The molecular formula is C12H10F3N3O3. The van der Waals surface area contributed by atoms with Crippen LogP contribution in [-0.2, 0) is 11.3 Å². The van der Waals surface area contributed by atoms with Crippen LogP contribution in [0.2, 0.25) is 0 Å². The number of carbonyl (C=O) groups is 1. The number of nitro groups is 1. The van der Waals surface area contributed by atoms with E-state index in [1.54, 1.807) is 11.4 Å². The molecule has 0 aliphatic heterocycles. The summed E-state index contributed by atoms with van der Waals surface area (Å²) in [5.41, 5.74) is 0.285. The lowest BCUT2D eigenvalue weighted by Gasteiger charge is -2.09. The lowest BCUT2D eigenvalue weighted by Crippen LogP contribution is -2.35. The summed E-state index contributed by atoms with van der Waals surface area (Å²) in [5, 5.41) is 12.9. The number of rotatable bonds is 4. The van der Waals surface area contributed by atoms with Crippen molar-refractivity contribution in [2.24, 2.45) is 0 Å². The highest BCUT2D eigenvalue weighted by Crippen LogP contribution is 2.26. The first-order valence-corrected chi connectivity index (χ1v) is 5.83. The molecule has 0 unspecified atom stereocenters. The Kier molecular flexibility index (Phi) is 3.83. The standard InChI is InChI=1S/C12H10F3N3O3/c13-12(14,15)7-16-11(19)6-17-5-4-8-9(17)2-1-3-10(8)18(20)21/h1-5H,6-7H2,(H,16,19). The zero-order chi connectivity index (χ0) is 15.6. The fraction of sp³-hybridized carbons (Fsp3) is 0.250. The Labute approximate surface area is 116 Å². The molecule has 0 aliphatic carbocycles. The van der Waals surface area contributed by atoms with Crippen LogP contribution in [0, 0.1) is 10.1 Å². The third-order valence-corrected chi connectivity index (χ3v) is 2.79. The van der Waals surface area contributed by atoms with Crippen molar-refractivity contribution in [2.45, 2.75) is 12.7 Å². The lowest BCUT2D eigenvalue weighted by atomic mass is 10.2. The molecule has 1 aromatic carbocycles. The maximum Gasteiger partial charge on any atom is 0.405 e. The Balaban J connectivity index is 2.18. The predicted octanol–water partition coefficient (Wildman–Crippen LogP) is 2.23. The van der Waals surface area contributed by atoms with Gasteiger partial charge in [0.1, 0.15) is 13.1 Å². The van der Waals surface area contributed by atoms with Crippen molar-refractivity contribution < 1.29 is 22.9 Å². The van der Waals surface area contributed by atoms with Crippen LogP contribution < -0.4 is 5.32 Å². The summed E-state index contributed by atoms with van der Waals surface area (Å²) in [7, 11) is 0. The SMILES string of the molecule is O=C(Cn1ccc2c([N+](=O)[O-])cccc21)NCC(F)(F)F. The Bertz CT molecular complexity index is 694. The number of hydrogen-bond donors (Lipinski definition) is 1. The van der Waals surface area contributed by atoms with Crippen LogP contribution in [0.15, 0.2) is 30.5 Å².